The van der Waals surface area contributed by atoms with Gasteiger partial charge < -0.3 is 4.74 Å². The van der Waals surface area contributed by atoms with Gasteiger partial charge in [0.2, 0.25) is 5.91 Å². The summed E-state index contributed by atoms with van der Waals surface area (Å²) >= 11 is 1.19. The molecule has 22 heavy (non-hydrogen) atoms. The number of thiophene rings is 1. The molecule has 1 aliphatic rings. The molecule has 122 valence electrons. The molecular formula is C12H17N3O5S2. The smallest absolute Gasteiger partial charge is 0.413 e. The molecule has 0 radical (unpaired) electrons. The molecule has 2 rings (SSSR count). The molecule has 2 heterocycles. The zero-order valence-electron chi connectivity index (χ0n) is 12.0. The van der Waals surface area contributed by atoms with Crippen molar-refractivity contribution < 1.29 is 22.7 Å². The molecule has 1 N–H and O–H groups in total. The van der Waals surface area contributed by atoms with Crippen LogP contribution >= 0.6 is 11.3 Å². The number of nitrogens with one attached hydrogen (secondary N) is 1. The summed E-state index contributed by atoms with van der Waals surface area (Å²) in [5, 5.41) is 3.79. The topological polar surface area (TPSA) is 96.0 Å². The van der Waals surface area contributed by atoms with Gasteiger partial charge in [-0.3, -0.25) is 15.0 Å². The molecule has 1 fully saturated rings. The highest BCUT2D eigenvalue weighted by molar-refractivity contribution is 7.91. The molecule has 2 amide bonds. The molecule has 1 aromatic rings. The summed E-state index contributed by atoms with van der Waals surface area (Å²) in [6.45, 7) is 1.51. The number of carbonyl (C=O) groups is 2. The van der Waals surface area contributed by atoms with Crippen LogP contribution in [0.25, 0.3) is 0 Å². The number of nitrogens with zero attached hydrogens (tertiary/aromatic N) is 2. The van der Waals surface area contributed by atoms with Gasteiger partial charge in [-0.05, 0) is 11.4 Å². The van der Waals surface area contributed by atoms with E-state index in [0.717, 1.165) is 0 Å². The largest absolute Gasteiger partial charge is 0.453 e. The zero-order chi connectivity index (χ0) is 16.2. The first kappa shape index (κ1) is 16.9. The summed E-state index contributed by atoms with van der Waals surface area (Å²) in [4.78, 5) is 24.3. The average molecular weight is 347 g/mol. The summed E-state index contributed by atoms with van der Waals surface area (Å²) < 4.78 is 30.7. The lowest BCUT2D eigenvalue weighted by molar-refractivity contribution is -0.121. The van der Waals surface area contributed by atoms with Crippen LogP contribution in [0.4, 0.5) is 4.79 Å². The first-order valence-corrected chi connectivity index (χ1v) is 8.89. The standard InChI is InChI=1S/C12H17N3O5S2/c1-20-12(17)13-10(16)9-14-4-6-15(7-5-14)22(18,19)11-3-2-8-21-11/h2-3,8H,4-7,9H2,1H3,(H,13,16,17). The number of imide groups is 1. The van der Waals surface area contributed by atoms with Crippen molar-refractivity contribution in [2.45, 2.75) is 4.21 Å². The molecular weight excluding hydrogens is 330 g/mol. The molecule has 0 saturated carbocycles. The van der Waals surface area contributed by atoms with Crippen LogP contribution in [0, 0.1) is 0 Å². The first-order valence-electron chi connectivity index (χ1n) is 6.57. The third-order valence-corrected chi connectivity index (χ3v) is 6.49. The fourth-order valence-corrected chi connectivity index (χ4v) is 4.64. The van der Waals surface area contributed by atoms with E-state index in [1.807, 2.05) is 0 Å². The number of hydrogen-bond acceptors (Lipinski definition) is 7. The van der Waals surface area contributed by atoms with Gasteiger partial charge in [0.15, 0.2) is 0 Å². The number of ether oxygens (including phenoxy) is 1. The van der Waals surface area contributed by atoms with Gasteiger partial charge in [0.05, 0.1) is 13.7 Å². The highest BCUT2D eigenvalue weighted by atomic mass is 32.2. The van der Waals surface area contributed by atoms with Crippen LogP contribution in [0.2, 0.25) is 0 Å². The molecule has 10 heteroatoms. The molecule has 0 atom stereocenters. The summed E-state index contributed by atoms with van der Waals surface area (Å²) in [7, 11) is -2.27. The van der Waals surface area contributed by atoms with E-state index < -0.39 is 22.0 Å². The van der Waals surface area contributed by atoms with Crippen LogP contribution in [0.3, 0.4) is 0 Å². The van der Waals surface area contributed by atoms with Crippen molar-refractivity contribution >= 4 is 33.4 Å². The van der Waals surface area contributed by atoms with E-state index in [2.05, 4.69) is 10.1 Å². The number of hydrogen-bond donors (Lipinski definition) is 1. The maximum atomic E-state index is 12.3. The number of piperazine rings is 1. The predicted octanol–water partition coefficient (Wildman–Crippen LogP) is -0.0630. The lowest BCUT2D eigenvalue weighted by Crippen LogP contribution is -2.51. The van der Waals surface area contributed by atoms with E-state index in [1.165, 1.54) is 22.8 Å². The van der Waals surface area contributed by atoms with Crippen molar-refractivity contribution in [3.05, 3.63) is 17.5 Å². The van der Waals surface area contributed by atoms with Crippen molar-refractivity contribution in [2.75, 3.05) is 39.8 Å². The normalized spacial score (nSPS) is 17.1. The second kappa shape index (κ2) is 7.18. The average Bonchev–Trinajstić information content (AvgIpc) is 3.02. The SMILES string of the molecule is COC(=O)NC(=O)CN1CCN(S(=O)(=O)c2cccs2)CC1. The van der Waals surface area contributed by atoms with Crippen molar-refractivity contribution in [1.29, 1.82) is 0 Å². The molecule has 0 aliphatic carbocycles. The van der Waals surface area contributed by atoms with Gasteiger partial charge >= 0.3 is 6.09 Å². The minimum absolute atomic E-state index is 0.0298. The lowest BCUT2D eigenvalue weighted by atomic mass is 10.3. The molecule has 1 aliphatic heterocycles. The lowest BCUT2D eigenvalue weighted by Gasteiger charge is -2.33. The number of sulfonamides is 1. The van der Waals surface area contributed by atoms with Crippen LogP contribution in [0.5, 0.6) is 0 Å². The van der Waals surface area contributed by atoms with Gasteiger partial charge in [-0.25, -0.2) is 13.2 Å². The fourth-order valence-electron chi connectivity index (χ4n) is 2.07. The minimum atomic E-state index is -3.44. The Balaban J connectivity index is 1.86. The Morgan fingerprint density at radius 2 is 2.00 bits per heavy atom. The van der Waals surface area contributed by atoms with Gasteiger partial charge in [-0.1, -0.05) is 6.07 Å². The maximum Gasteiger partial charge on any atom is 0.413 e. The molecule has 0 unspecified atom stereocenters. The van der Waals surface area contributed by atoms with Gasteiger partial charge in [0.1, 0.15) is 4.21 Å². The van der Waals surface area contributed by atoms with Crippen molar-refractivity contribution in [1.82, 2.24) is 14.5 Å². The Kier molecular flexibility index (Phi) is 5.51. The van der Waals surface area contributed by atoms with E-state index in [4.69, 9.17) is 0 Å². The highest BCUT2D eigenvalue weighted by Gasteiger charge is 2.29. The van der Waals surface area contributed by atoms with E-state index in [1.54, 1.807) is 22.4 Å². The Morgan fingerprint density at radius 3 is 2.55 bits per heavy atom. The maximum absolute atomic E-state index is 12.3. The third kappa shape index (κ3) is 4.03. The van der Waals surface area contributed by atoms with Crippen LogP contribution in [-0.4, -0.2) is 69.5 Å². The van der Waals surface area contributed by atoms with Crippen LogP contribution in [-0.2, 0) is 19.6 Å². The molecule has 0 spiro atoms. The Bertz CT molecular complexity index is 621. The number of methoxy groups -OCH3 is 1. The second-order valence-electron chi connectivity index (χ2n) is 4.65. The Morgan fingerprint density at radius 1 is 1.32 bits per heavy atom. The number of rotatable bonds is 4. The molecule has 1 aromatic heterocycles. The molecule has 1 saturated heterocycles. The van der Waals surface area contributed by atoms with Crippen molar-refractivity contribution in [2.24, 2.45) is 0 Å². The van der Waals surface area contributed by atoms with Crippen LogP contribution in [0.15, 0.2) is 21.7 Å². The number of carbonyl (C=O) groups excluding carboxylic acids is 2. The quantitative estimate of drug-likeness (QED) is 0.820. The molecule has 8 nitrogen and oxygen atoms in total. The molecule has 0 bridgehead atoms. The highest BCUT2D eigenvalue weighted by Crippen LogP contribution is 2.21. The van der Waals surface area contributed by atoms with Crippen molar-refractivity contribution in [3.8, 4) is 0 Å². The zero-order valence-corrected chi connectivity index (χ0v) is 13.7. The minimum Gasteiger partial charge on any atom is -0.453 e. The fraction of sp³-hybridized carbons (Fsp3) is 0.500. The predicted molar refractivity (Wildman–Crippen MR) is 80.1 cm³/mol. The summed E-state index contributed by atoms with van der Waals surface area (Å²) in [5.41, 5.74) is 0. The van der Waals surface area contributed by atoms with Gasteiger partial charge in [-0.2, -0.15) is 4.31 Å². The van der Waals surface area contributed by atoms with Crippen LogP contribution in [0.1, 0.15) is 0 Å². The van der Waals surface area contributed by atoms with E-state index in [0.29, 0.717) is 30.4 Å². The Hall–Kier alpha value is -1.49. The summed E-state index contributed by atoms with van der Waals surface area (Å²) in [5.74, 6) is -0.471. The van der Waals surface area contributed by atoms with Gasteiger partial charge in [0.25, 0.3) is 10.0 Å². The summed E-state index contributed by atoms with van der Waals surface area (Å²) in [6.07, 6.45) is -0.802. The number of alkyl carbamates (subject to hydrolysis) is 1. The van der Waals surface area contributed by atoms with E-state index >= 15 is 0 Å². The van der Waals surface area contributed by atoms with E-state index in [-0.39, 0.29) is 6.54 Å². The summed E-state index contributed by atoms with van der Waals surface area (Å²) in [6, 6.07) is 3.28. The van der Waals surface area contributed by atoms with Crippen molar-refractivity contribution in [3.63, 3.8) is 0 Å². The Labute approximate surface area is 132 Å². The van der Waals surface area contributed by atoms with Gasteiger partial charge in [0, 0.05) is 26.2 Å². The number of amides is 2. The third-order valence-electron chi connectivity index (χ3n) is 3.21. The monoisotopic (exact) mass is 347 g/mol. The molecule has 0 aromatic carbocycles. The van der Waals surface area contributed by atoms with Gasteiger partial charge in [-0.15, -0.1) is 11.3 Å². The van der Waals surface area contributed by atoms with E-state index in [9.17, 15) is 18.0 Å². The first-order chi connectivity index (χ1) is 10.4. The van der Waals surface area contributed by atoms with Crippen LogP contribution < -0.4 is 5.32 Å². The second-order valence-corrected chi connectivity index (χ2v) is 7.76.